The molecule has 0 atom stereocenters. The molecule has 1 N–H and O–H groups in total. The summed E-state index contributed by atoms with van der Waals surface area (Å²) in [5.74, 6) is 0.872. The number of hydrogen-bond donors (Lipinski definition) is 1. The predicted molar refractivity (Wildman–Crippen MR) is 85.2 cm³/mol. The molecule has 0 fully saturated rings. The third kappa shape index (κ3) is 2.82. The molecule has 1 aromatic heterocycles. The van der Waals surface area contributed by atoms with Crippen molar-refractivity contribution < 1.29 is 4.52 Å². The standard InChI is InChI=1S/C18H18N2O/c1-13-17(14(2)21-20-13)12-19-18-11-7-6-10-16(18)15-8-4-3-5-9-15/h3-11,19H,12H2,1-2H3. The van der Waals surface area contributed by atoms with Gasteiger partial charge in [0.2, 0.25) is 0 Å². The van der Waals surface area contributed by atoms with Crippen LogP contribution in [0, 0.1) is 13.8 Å². The number of benzene rings is 2. The Bertz CT molecular complexity index is 712. The van der Waals surface area contributed by atoms with Gasteiger partial charge in [0.1, 0.15) is 5.76 Å². The van der Waals surface area contributed by atoms with Crippen LogP contribution in [-0.2, 0) is 6.54 Å². The zero-order valence-corrected chi connectivity index (χ0v) is 12.3. The molecule has 0 aliphatic rings. The number of nitrogens with zero attached hydrogens (tertiary/aromatic N) is 1. The molecular weight excluding hydrogens is 260 g/mol. The van der Waals surface area contributed by atoms with Crippen LogP contribution in [0.1, 0.15) is 17.0 Å². The van der Waals surface area contributed by atoms with Crippen molar-refractivity contribution in [3.8, 4) is 11.1 Å². The molecule has 3 heteroatoms. The van der Waals surface area contributed by atoms with Crippen LogP contribution in [0.3, 0.4) is 0 Å². The number of rotatable bonds is 4. The van der Waals surface area contributed by atoms with Crippen molar-refractivity contribution in [3.63, 3.8) is 0 Å². The molecule has 1 heterocycles. The zero-order chi connectivity index (χ0) is 14.7. The summed E-state index contributed by atoms with van der Waals surface area (Å²) in [6.07, 6.45) is 0. The number of anilines is 1. The summed E-state index contributed by atoms with van der Waals surface area (Å²) >= 11 is 0. The first-order valence-electron chi connectivity index (χ1n) is 7.06. The molecule has 0 unspecified atom stereocenters. The van der Waals surface area contributed by atoms with Crippen molar-refractivity contribution in [2.45, 2.75) is 20.4 Å². The normalized spacial score (nSPS) is 10.6. The lowest BCUT2D eigenvalue weighted by molar-refractivity contribution is 0.392. The number of para-hydroxylation sites is 1. The summed E-state index contributed by atoms with van der Waals surface area (Å²) in [5.41, 5.74) is 5.59. The molecule has 0 spiro atoms. The van der Waals surface area contributed by atoms with Crippen LogP contribution in [-0.4, -0.2) is 5.16 Å². The minimum absolute atomic E-state index is 0.713. The van der Waals surface area contributed by atoms with E-state index in [9.17, 15) is 0 Å². The molecule has 0 amide bonds. The van der Waals surface area contributed by atoms with Gasteiger partial charge in [-0.25, -0.2) is 0 Å². The lowest BCUT2D eigenvalue weighted by Gasteiger charge is -2.12. The van der Waals surface area contributed by atoms with Gasteiger partial charge >= 0.3 is 0 Å². The second-order valence-corrected chi connectivity index (χ2v) is 5.07. The van der Waals surface area contributed by atoms with Gasteiger partial charge in [0.15, 0.2) is 0 Å². The monoisotopic (exact) mass is 278 g/mol. The lowest BCUT2D eigenvalue weighted by atomic mass is 10.0. The quantitative estimate of drug-likeness (QED) is 0.759. The van der Waals surface area contributed by atoms with Gasteiger partial charge in [0, 0.05) is 23.4 Å². The molecule has 3 nitrogen and oxygen atoms in total. The van der Waals surface area contributed by atoms with E-state index in [-0.39, 0.29) is 0 Å². The molecule has 0 bridgehead atoms. The van der Waals surface area contributed by atoms with E-state index in [1.807, 2.05) is 26.0 Å². The van der Waals surface area contributed by atoms with Crippen LogP contribution in [0.2, 0.25) is 0 Å². The zero-order valence-electron chi connectivity index (χ0n) is 12.3. The molecule has 0 saturated heterocycles. The Morgan fingerprint density at radius 1 is 0.952 bits per heavy atom. The molecule has 0 radical (unpaired) electrons. The Hall–Kier alpha value is -2.55. The van der Waals surface area contributed by atoms with E-state index in [2.05, 4.69) is 52.9 Å². The topological polar surface area (TPSA) is 38.1 Å². The van der Waals surface area contributed by atoms with Gasteiger partial charge in [-0.15, -0.1) is 0 Å². The largest absolute Gasteiger partial charge is 0.380 e. The minimum Gasteiger partial charge on any atom is -0.380 e. The lowest BCUT2D eigenvalue weighted by Crippen LogP contribution is -2.02. The summed E-state index contributed by atoms with van der Waals surface area (Å²) in [7, 11) is 0. The summed E-state index contributed by atoms with van der Waals surface area (Å²) in [5, 5.41) is 7.49. The summed E-state index contributed by atoms with van der Waals surface area (Å²) in [4.78, 5) is 0. The fourth-order valence-corrected chi connectivity index (χ4v) is 2.44. The van der Waals surface area contributed by atoms with Crippen LogP contribution in [0.15, 0.2) is 59.1 Å². The van der Waals surface area contributed by atoms with Crippen LogP contribution < -0.4 is 5.32 Å². The number of aromatic nitrogens is 1. The van der Waals surface area contributed by atoms with Gasteiger partial charge in [-0.3, -0.25) is 0 Å². The van der Waals surface area contributed by atoms with Gasteiger partial charge in [-0.2, -0.15) is 0 Å². The van der Waals surface area contributed by atoms with Crippen molar-refractivity contribution in [1.29, 1.82) is 0 Å². The van der Waals surface area contributed by atoms with Gasteiger partial charge < -0.3 is 9.84 Å². The van der Waals surface area contributed by atoms with Gasteiger partial charge in [-0.05, 0) is 25.5 Å². The molecule has 3 rings (SSSR count). The van der Waals surface area contributed by atoms with Crippen LogP contribution >= 0.6 is 0 Å². The van der Waals surface area contributed by atoms with E-state index in [1.165, 1.54) is 11.1 Å². The van der Waals surface area contributed by atoms with Crippen molar-refractivity contribution in [2.75, 3.05) is 5.32 Å². The third-order valence-corrected chi connectivity index (χ3v) is 3.65. The molecular formula is C18H18N2O. The second-order valence-electron chi connectivity index (χ2n) is 5.07. The molecule has 0 aliphatic heterocycles. The van der Waals surface area contributed by atoms with Gasteiger partial charge in [0.05, 0.1) is 5.69 Å². The van der Waals surface area contributed by atoms with Gasteiger partial charge in [0.25, 0.3) is 0 Å². The minimum atomic E-state index is 0.713. The molecule has 106 valence electrons. The third-order valence-electron chi connectivity index (χ3n) is 3.65. The fraction of sp³-hybridized carbons (Fsp3) is 0.167. The maximum absolute atomic E-state index is 5.21. The highest BCUT2D eigenvalue weighted by Gasteiger charge is 2.10. The van der Waals surface area contributed by atoms with Crippen LogP contribution in [0.5, 0.6) is 0 Å². The van der Waals surface area contributed by atoms with Crippen molar-refractivity contribution in [1.82, 2.24) is 5.16 Å². The molecule has 3 aromatic rings. The average molecular weight is 278 g/mol. The maximum Gasteiger partial charge on any atom is 0.138 e. The van der Waals surface area contributed by atoms with Crippen molar-refractivity contribution in [2.24, 2.45) is 0 Å². The average Bonchev–Trinajstić information content (AvgIpc) is 2.85. The molecule has 21 heavy (non-hydrogen) atoms. The Morgan fingerprint density at radius 2 is 1.67 bits per heavy atom. The van der Waals surface area contributed by atoms with E-state index < -0.39 is 0 Å². The number of nitrogens with one attached hydrogen (secondary N) is 1. The van der Waals surface area contributed by atoms with Gasteiger partial charge in [-0.1, -0.05) is 53.7 Å². The van der Waals surface area contributed by atoms with E-state index >= 15 is 0 Å². The highest BCUT2D eigenvalue weighted by molar-refractivity contribution is 5.77. The Balaban J connectivity index is 1.87. The Morgan fingerprint density at radius 3 is 2.38 bits per heavy atom. The van der Waals surface area contributed by atoms with E-state index in [0.29, 0.717) is 6.54 Å². The highest BCUT2D eigenvalue weighted by Crippen LogP contribution is 2.28. The van der Waals surface area contributed by atoms with Crippen molar-refractivity contribution in [3.05, 3.63) is 71.6 Å². The number of aryl methyl sites for hydroxylation is 2. The van der Waals surface area contributed by atoms with E-state index in [0.717, 1.165) is 22.7 Å². The maximum atomic E-state index is 5.21. The van der Waals surface area contributed by atoms with Crippen LogP contribution in [0.4, 0.5) is 5.69 Å². The molecule has 0 aliphatic carbocycles. The van der Waals surface area contributed by atoms with Crippen molar-refractivity contribution >= 4 is 5.69 Å². The van der Waals surface area contributed by atoms with E-state index in [4.69, 9.17) is 4.52 Å². The van der Waals surface area contributed by atoms with Crippen LogP contribution in [0.25, 0.3) is 11.1 Å². The fourth-order valence-electron chi connectivity index (χ4n) is 2.44. The summed E-state index contributed by atoms with van der Waals surface area (Å²) < 4.78 is 5.21. The second kappa shape index (κ2) is 5.83. The first-order valence-corrected chi connectivity index (χ1v) is 7.06. The smallest absolute Gasteiger partial charge is 0.138 e. The predicted octanol–water partition coefficient (Wildman–Crippen LogP) is 4.57. The summed E-state index contributed by atoms with van der Waals surface area (Å²) in [6, 6.07) is 18.7. The summed E-state index contributed by atoms with van der Waals surface area (Å²) in [6.45, 7) is 4.63. The van der Waals surface area contributed by atoms with E-state index in [1.54, 1.807) is 0 Å². The Labute approximate surface area is 124 Å². The molecule has 2 aromatic carbocycles. The number of hydrogen-bond acceptors (Lipinski definition) is 3. The highest BCUT2D eigenvalue weighted by atomic mass is 16.5. The first kappa shape index (κ1) is 13.4. The molecule has 0 saturated carbocycles. The first-order chi connectivity index (χ1) is 10.3. The Kier molecular flexibility index (Phi) is 3.73. The SMILES string of the molecule is Cc1noc(C)c1CNc1ccccc1-c1ccccc1.